The van der Waals surface area contributed by atoms with Gasteiger partial charge in [-0.3, -0.25) is 4.79 Å². The fourth-order valence-corrected chi connectivity index (χ4v) is 2.93. The number of ketones is 1. The smallest absolute Gasteiger partial charge is 0.179 e. The standard InChI is InChI=1S/C16H11F2NOS/c17-11-5-3-6-12(18)16(11)14(20)9-21-15-8-10-4-1-2-7-13(10)19-15/h1-8,19H,9H2. The number of rotatable bonds is 4. The number of aromatic nitrogens is 1. The first-order valence-corrected chi connectivity index (χ1v) is 7.31. The van der Waals surface area contributed by atoms with Gasteiger partial charge in [-0.25, -0.2) is 8.78 Å². The zero-order chi connectivity index (χ0) is 14.8. The third-order valence-corrected chi connectivity index (χ3v) is 4.04. The number of hydrogen-bond donors (Lipinski definition) is 1. The van der Waals surface area contributed by atoms with Crippen molar-refractivity contribution in [2.24, 2.45) is 0 Å². The number of nitrogens with one attached hydrogen (secondary N) is 1. The third kappa shape index (κ3) is 2.83. The monoisotopic (exact) mass is 303 g/mol. The summed E-state index contributed by atoms with van der Waals surface area (Å²) >= 11 is 1.23. The molecule has 2 aromatic carbocycles. The summed E-state index contributed by atoms with van der Waals surface area (Å²) in [7, 11) is 0. The van der Waals surface area contributed by atoms with Gasteiger partial charge in [0.2, 0.25) is 0 Å². The van der Waals surface area contributed by atoms with E-state index in [-0.39, 0.29) is 5.75 Å². The average molecular weight is 303 g/mol. The van der Waals surface area contributed by atoms with Crippen LogP contribution in [0.2, 0.25) is 0 Å². The van der Waals surface area contributed by atoms with Gasteiger partial charge in [-0.1, -0.05) is 24.3 Å². The van der Waals surface area contributed by atoms with Crippen LogP contribution in [0, 0.1) is 11.6 Å². The number of H-pyrrole nitrogens is 1. The molecule has 0 aliphatic rings. The highest BCUT2D eigenvalue weighted by Gasteiger charge is 2.17. The molecule has 0 unspecified atom stereocenters. The van der Waals surface area contributed by atoms with Gasteiger partial charge in [-0.2, -0.15) is 0 Å². The number of carbonyl (C=O) groups is 1. The second kappa shape index (κ2) is 5.69. The van der Waals surface area contributed by atoms with Crippen LogP contribution in [0.15, 0.2) is 53.6 Å². The third-order valence-electron chi connectivity index (χ3n) is 3.11. The van der Waals surface area contributed by atoms with E-state index in [1.165, 1.54) is 17.8 Å². The molecule has 0 aliphatic carbocycles. The topological polar surface area (TPSA) is 32.9 Å². The molecule has 0 aliphatic heterocycles. The predicted molar refractivity (Wildman–Crippen MR) is 79.7 cm³/mol. The quantitative estimate of drug-likeness (QED) is 0.571. The first-order chi connectivity index (χ1) is 10.1. The Morgan fingerprint density at radius 2 is 1.76 bits per heavy atom. The molecule has 3 aromatic rings. The highest BCUT2D eigenvalue weighted by molar-refractivity contribution is 8.00. The second-order valence-electron chi connectivity index (χ2n) is 4.53. The van der Waals surface area contributed by atoms with E-state index >= 15 is 0 Å². The maximum Gasteiger partial charge on any atom is 0.179 e. The SMILES string of the molecule is O=C(CSc1cc2ccccc2[nH]1)c1c(F)cccc1F. The number of thioether (sulfide) groups is 1. The largest absolute Gasteiger partial charge is 0.350 e. The molecular formula is C16H11F2NOS. The maximum absolute atomic E-state index is 13.5. The molecule has 1 aromatic heterocycles. The highest BCUT2D eigenvalue weighted by atomic mass is 32.2. The first-order valence-electron chi connectivity index (χ1n) is 6.33. The molecule has 3 rings (SSSR count). The normalized spacial score (nSPS) is 11.0. The second-order valence-corrected chi connectivity index (χ2v) is 5.55. The number of fused-ring (bicyclic) bond motifs is 1. The van der Waals surface area contributed by atoms with Crippen molar-refractivity contribution in [3.05, 3.63) is 65.7 Å². The van der Waals surface area contributed by atoms with Gasteiger partial charge < -0.3 is 4.98 Å². The van der Waals surface area contributed by atoms with Crippen molar-refractivity contribution in [1.82, 2.24) is 4.98 Å². The Hall–Kier alpha value is -2.14. The van der Waals surface area contributed by atoms with Gasteiger partial charge in [0.05, 0.1) is 16.3 Å². The van der Waals surface area contributed by atoms with Crippen LogP contribution in [0.5, 0.6) is 0 Å². The molecule has 21 heavy (non-hydrogen) atoms. The van der Waals surface area contributed by atoms with Gasteiger partial charge >= 0.3 is 0 Å². The summed E-state index contributed by atoms with van der Waals surface area (Å²) in [5.41, 5.74) is 0.491. The first kappa shape index (κ1) is 13.8. The van der Waals surface area contributed by atoms with E-state index in [0.29, 0.717) is 0 Å². The minimum absolute atomic E-state index is 0.0231. The van der Waals surface area contributed by atoms with Gasteiger partial charge in [0.25, 0.3) is 0 Å². The minimum atomic E-state index is -0.822. The van der Waals surface area contributed by atoms with Crippen LogP contribution in [0.4, 0.5) is 8.78 Å². The van der Waals surface area contributed by atoms with Crippen LogP contribution in [0.3, 0.4) is 0 Å². The fraction of sp³-hybridized carbons (Fsp3) is 0.0625. The van der Waals surface area contributed by atoms with Gasteiger partial charge in [0.1, 0.15) is 11.6 Å². The van der Waals surface area contributed by atoms with Gasteiger partial charge in [-0.15, -0.1) is 11.8 Å². The number of aromatic amines is 1. The van der Waals surface area contributed by atoms with E-state index in [4.69, 9.17) is 0 Å². The zero-order valence-electron chi connectivity index (χ0n) is 10.9. The summed E-state index contributed by atoms with van der Waals surface area (Å²) in [5, 5.41) is 1.82. The molecule has 5 heteroatoms. The molecule has 106 valence electrons. The Labute approximate surface area is 124 Å². The van der Waals surface area contributed by atoms with Crippen LogP contribution in [-0.2, 0) is 0 Å². The lowest BCUT2D eigenvalue weighted by Gasteiger charge is -2.03. The van der Waals surface area contributed by atoms with E-state index in [1.807, 2.05) is 30.3 Å². The Morgan fingerprint density at radius 3 is 2.48 bits per heavy atom. The van der Waals surface area contributed by atoms with E-state index in [0.717, 1.165) is 28.1 Å². The van der Waals surface area contributed by atoms with Crippen molar-refractivity contribution in [3.63, 3.8) is 0 Å². The molecule has 0 radical (unpaired) electrons. The van der Waals surface area contributed by atoms with Crippen molar-refractivity contribution < 1.29 is 13.6 Å². The van der Waals surface area contributed by atoms with E-state index < -0.39 is 23.0 Å². The lowest BCUT2D eigenvalue weighted by atomic mass is 10.1. The van der Waals surface area contributed by atoms with Crippen LogP contribution in [0.25, 0.3) is 10.9 Å². The summed E-state index contributed by atoms with van der Waals surface area (Å²) in [4.78, 5) is 15.1. The lowest BCUT2D eigenvalue weighted by Crippen LogP contribution is -2.08. The number of halogens is 2. The average Bonchev–Trinajstić information content (AvgIpc) is 2.87. The van der Waals surface area contributed by atoms with Crippen molar-refractivity contribution in [2.45, 2.75) is 5.03 Å². The number of carbonyl (C=O) groups excluding carboxylic acids is 1. The molecule has 0 amide bonds. The van der Waals surface area contributed by atoms with Gasteiger partial charge in [0, 0.05) is 10.9 Å². The van der Waals surface area contributed by atoms with Crippen LogP contribution in [-0.4, -0.2) is 16.5 Å². The Balaban J connectivity index is 1.76. The van der Waals surface area contributed by atoms with Crippen LogP contribution < -0.4 is 0 Å². The number of para-hydroxylation sites is 1. The van der Waals surface area contributed by atoms with Crippen molar-refractivity contribution in [2.75, 3.05) is 5.75 Å². The highest BCUT2D eigenvalue weighted by Crippen LogP contribution is 2.24. The van der Waals surface area contributed by atoms with Gasteiger partial charge in [-0.05, 0) is 24.3 Å². The Morgan fingerprint density at radius 1 is 1.05 bits per heavy atom. The molecule has 0 bridgehead atoms. The molecule has 0 fully saturated rings. The van der Waals surface area contributed by atoms with Crippen LogP contribution in [0.1, 0.15) is 10.4 Å². The molecule has 0 saturated heterocycles. The molecular weight excluding hydrogens is 292 g/mol. The molecule has 1 heterocycles. The summed E-state index contributed by atoms with van der Waals surface area (Å²) in [6, 6.07) is 13.0. The predicted octanol–water partition coefficient (Wildman–Crippen LogP) is 4.42. The molecule has 0 saturated carbocycles. The zero-order valence-corrected chi connectivity index (χ0v) is 11.7. The van der Waals surface area contributed by atoms with Crippen molar-refractivity contribution in [3.8, 4) is 0 Å². The van der Waals surface area contributed by atoms with Crippen molar-refractivity contribution >= 4 is 28.4 Å². The summed E-state index contributed by atoms with van der Waals surface area (Å²) in [5.74, 6) is -2.23. The van der Waals surface area contributed by atoms with Gasteiger partial charge in [0.15, 0.2) is 5.78 Å². The molecule has 1 N–H and O–H groups in total. The minimum Gasteiger partial charge on any atom is -0.350 e. The van der Waals surface area contributed by atoms with E-state index in [9.17, 15) is 13.6 Å². The number of hydrogen-bond acceptors (Lipinski definition) is 2. The summed E-state index contributed by atoms with van der Waals surface area (Å²) in [6.07, 6.45) is 0. The van der Waals surface area contributed by atoms with Crippen LogP contribution >= 0.6 is 11.8 Å². The fourth-order valence-electron chi connectivity index (χ4n) is 2.10. The Bertz CT molecular complexity index is 760. The summed E-state index contributed by atoms with van der Waals surface area (Å²) < 4.78 is 27.0. The molecule has 2 nitrogen and oxygen atoms in total. The Kier molecular flexibility index (Phi) is 3.75. The van der Waals surface area contributed by atoms with Crippen molar-refractivity contribution in [1.29, 1.82) is 0 Å². The van der Waals surface area contributed by atoms with E-state index in [1.54, 1.807) is 0 Å². The maximum atomic E-state index is 13.5. The molecule has 0 spiro atoms. The number of benzene rings is 2. The lowest BCUT2D eigenvalue weighted by molar-refractivity contribution is 0.101. The molecule has 0 atom stereocenters. The summed E-state index contributed by atoms with van der Waals surface area (Å²) in [6.45, 7) is 0. The van der Waals surface area contributed by atoms with E-state index in [2.05, 4.69) is 4.98 Å². The number of Topliss-reactive ketones (excluding diaryl/α,β-unsaturated/α-hetero) is 1.